The van der Waals surface area contributed by atoms with Gasteiger partial charge in [0.1, 0.15) is 0 Å². The number of amides is 1. The molecule has 0 aliphatic carbocycles. The number of nitrogens with one attached hydrogen (secondary N) is 1. The Labute approximate surface area is 145 Å². The maximum Gasteiger partial charge on any atom is 0.264 e. The van der Waals surface area contributed by atoms with E-state index in [1.807, 2.05) is 6.92 Å². The van der Waals surface area contributed by atoms with Crippen LogP contribution in [-0.2, 0) is 14.9 Å². The molecule has 0 heterocycles. The molecule has 1 N–H and O–H groups in total. The molecule has 1 aromatic rings. The summed E-state index contributed by atoms with van der Waals surface area (Å²) in [6.07, 6.45) is 3.13. The van der Waals surface area contributed by atoms with Crippen molar-refractivity contribution in [3.05, 3.63) is 29.8 Å². The molecule has 1 unspecified atom stereocenters. The average molecular weight is 356 g/mol. The molecule has 0 spiro atoms. The van der Waals surface area contributed by atoms with Gasteiger partial charge in [0.15, 0.2) is 0 Å². The number of hydrogen-bond donors (Lipinski definition) is 1. The highest BCUT2D eigenvalue weighted by molar-refractivity contribution is 7.89. The molecular weight excluding hydrogens is 328 g/mol. The quantitative estimate of drug-likeness (QED) is 0.690. The van der Waals surface area contributed by atoms with Gasteiger partial charge in [0.05, 0.1) is 12.0 Å². The zero-order valence-electron chi connectivity index (χ0n) is 15.1. The monoisotopic (exact) mass is 356 g/mol. The summed E-state index contributed by atoms with van der Waals surface area (Å²) in [5.41, 5.74) is 0.435. The SMILES string of the molecule is CON(C)S(=O)(=O)c1ccc(C(=O)NC(C)CCCC(C)C)cc1. The van der Waals surface area contributed by atoms with Gasteiger partial charge >= 0.3 is 0 Å². The normalized spacial score (nSPS) is 13.3. The lowest BCUT2D eigenvalue weighted by Gasteiger charge is -2.16. The Balaban J connectivity index is 2.67. The molecule has 7 heteroatoms. The first kappa shape index (κ1) is 20.6. The van der Waals surface area contributed by atoms with Crippen LogP contribution in [0, 0.1) is 5.92 Å². The summed E-state index contributed by atoms with van der Waals surface area (Å²) in [5.74, 6) is 0.462. The number of nitrogens with zero attached hydrogens (tertiary/aromatic N) is 1. The Kier molecular flexibility index (Phi) is 7.86. The summed E-state index contributed by atoms with van der Waals surface area (Å²) in [7, 11) is -1.10. The number of hydroxylamine groups is 1. The van der Waals surface area contributed by atoms with E-state index in [4.69, 9.17) is 4.84 Å². The first-order chi connectivity index (χ1) is 11.2. The smallest absolute Gasteiger partial charge is 0.264 e. The van der Waals surface area contributed by atoms with Gasteiger partial charge in [-0.3, -0.25) is 9.63 Å². The molecule has 6 nitrogen and oxygen atoms in total. The minimum Gasteiger partial charge on any atom is -0.350 e. The van der Waals surface area contributed by atoms with Crippen LogP contribution in [0.2, 0.25) is 0 Å². The molecule has 0 aliphatic rings. The second-order valence-electron chi connectivity index (χ2n) is 6.32. The lowest BCUT2D eigenvalue weighted by Crippen LogP contribution is -2.32. The van der Waals surface area contributed by atoms with Gasteiger partial charge in [0.25, 0.3) is 15.9 Å². The Hall–Kier alpha value is -1.44. The molecule has 0 saturated heterocycles. The summed E-state index contributed by atoms with van der Waals surface area (Å²) in [6.45, 7) is 6.34. The molecule has 0 fully saturated rings. The van der Waals surface area contributed by atoms with Crippen LogP contribution < -0.4 is 5.32 Å². The van der Waals surface area contributed by atoms with E-state index in [0.717, 1.165) is 23.7 Å². The van der Waals surface area contributed by atoms with Crippen molar-refractivity contribution in [2.24, 2.45) is 5.92 Å². The second kappa shape index (κ2) is 9.15. The highest BCUT2D eigenvalue weighted by Gasteiger charge is 2.21. The number of carbonyl (C=O) groups is 1. The third-order valence-electron chi connectivity index (χ3n) is 3.81. The van der Waals surface area contributed by atoms with Crippen molar-refractivity contribution in [2.75, 3.05) is 14.2 Å². The average Bonchev–Trinajstić information content (AvgIpc) is 2.53. The van der Waals surface area contributed by atoms with Gasteiger partial charge in [-0.05, 0) is 43.5 Å². The van der Waals surface area contributed by atoms with Crippen molar-refractivity contribution in [3.8, 4) is 0 Å². The van der Waals surface area contributed by atoms with Crippen LogP contribution in [-0.4, -0.2) is 39.0 Å². The second-order valence-corrected chi connectivity index (χ2v) is 8.26. The van der Waals surface area contributed by atoms with E-state index in [1.165, 1.54) is 38.4 Å². The number of carbonyl (C=O) groups excluding carboxylic acids is 1. The minimum absolute atomic E-state index is 0.0772. The van der Waals surface area contributed by atoms with Crippen molar-refractivity contribution >= 4 is 15.9 Å². The highest BCUT2D eigenvalue weighted by Crippen LogP contribution is 2.15. The predicted molar refractivity (Wildman–Crippen MR) is 94.0 cm³/mol. The van der Waals surface area contributed by atoms with Crippen LogP contribution in [0.5, 0.6) is 0 Å². The van der Waals surface area contributed by atoms with E-state index >= 15 is 0 Å². The Morgan fingerprint density at radius 3 is 2.25 bits per heavy atom. The number of rotatable bonds is 9. The summed E-state index contributed by atoms with van der Waals surface area (Å²) >= 11 is 0. The highest BCUT2D eigenvalue weighted by atomic mass is 32.2. The zero-order chi connectivity index (χ0) is 18.3. The van der Waals surface area contributed by atoms with Gasteiger partial charge in [0.2, 0.25) is 0 Å². The standard InChI is InChI=1S/C17H28N2O4S/c1-13(2)7-6-8-14(3)18-17(20)15-9-11-16(12-10-15)24(21,22)19(4)23-5/h9-14H,6-8H2,1-5H3,(H,18,20). The zero-order valence-corrected chi connectivity index (χ0v) is 15.9. The molecule has 0 saturated carbocycles. The molecule has 136 valence electrons. The molecule has 1 amide bonds. The van der Waals surface area contributed by atoms with E-state index < -0.39 is 10.0 Å². The van der Waals surface area contributed by atoms with Crippen molar-refractivity contribution in [1.29, 1.82) is 0 Å². The Morgan fingerprint density at radius 1 is 1.17 bits per heavy atom. The van der Waals surface area contributed by atoms with Crippen molar-refractivity contribution in [2.45, 2.75) is 51.0 Å². The Bertz CT molecular complexity index is 626. The van der Waals surface area contributed by atoms with Gasteiger partial charge in [0, 0.05) is 18.7 Å². The van der Waals surface area contributed by atoms with Gasteiger partial charge in [-0.15, -0.1) is 0 Å². The van der Waals surface area contributed by atoms with Gasteiger partial charge in [-0.1, -0.05) is 31.2 Å². The third-order valence-corrected chi connectivity index (χ3v) is 5.50. The number of hydrogen-bond acceptors (Lipinski definition) is 4. The molecular formula is C17H28N2O4S. The van der Waals surface area contributed by atoms with Crippen molar-refractivity contribution < 1.29 is 18.0 Å². The van der Waals surface area contributed by atoms with Crippen LogP contribution in [0.25, 0.3) is 0 Å². The maximum absolute atomic E-state index is 12.2. The van der Waals surface area contributed by atoms with Crippen LogP contribution in [0.3, 0.4) is 0 Å². The summed E-state index contributed by atoms with van der Waals surface area (Å²) in [5, 5.41) is 2.94. The summed E-state index contributed by atoms with van der Waals surface area (Å²) < 4.78 is 25.0. The van der Waals surface area contributed by atoms with E-state index in [2.05, 4.69) is 19.2 Å². The molecule has 0 radical (unpaired) electrons. The molecule has 1 rings (SSSR count). The Morgan fingerprint density at radius 2 is 1.75 bits per heavy atom. The molecule has 1 aromatic carbocycles. The van der Waals surface area contributed by atoms with Crippen LogP contribution in [0.4, 0.5) is 0 Å². The van der Waals surface area contributed by atoms with Gasteiger partial charge in [-0.25, -0.2) is 8.42 Å². The fourth-order valence-electron chi connectivity index (χ4n) is 2.24. The van der Waals surface area contributed by atoms with E-state index in [1.54, 1.807) is 0 Å². The van der Waals surface area contributed by atoms with Crippen LogP contribution >= 0.6 is 0 Å². The minimum atomic E-state index is -3.70. The lowest BCUT2D eigenvalue weighted by molar-refractivity contribution is -0.0258. The summed E-state index contributed by atoms with van der Waals surface area (Å²) in [6, 6.07) is 5.91. The largest absolute Gasteiger partial charge is 0.350 e. The van der Waals surface area contributed by atoms with Crippen molar-refractivity contribution in [1.82, 2.24) is 9.79 Å². The first-order valence-corrected chi connectivity index (χ1v) is 9.56. The van der Waals surface area contributed by atoms with E-state index in [9.17, 15) is 13.2 Å². The van der Waals surface area contributed by atoms with E-state index in [-0.39, 0.29) is 16.8 Å². The third kappa shape index (κ3) is 5.89. The lowest BCUT2D eigenvalue weighted by atomic mass is 10.0. The first-order valence-electron chi connectivity index (χ1n) is 8.12. The maximum atomic E-state index is 12.2. The van der Waals surface area contributed by atoms with Gasteiger partial charge < -0.3 is 5.32 Å². The summed E-state index contributed by atoms with van der Waals surface area (Å²) in [4.78, 5) is 17.0. The molecule has 0 bridgehead atoms. The molecule has 0 aliphatic heterocycles. The van der Waals surface area contributed by atoms with Crippen LogP contribution in [0.15, 0.2) is 29.2 Å². The van der Waals surface area contributed by atoms with Gasteiger partial charge in [-0.2, -0.15) is 0 Å². The fraction of sp³-hybridized carbons (Fsp3) is 0.588. The number of benzene rings is 1. The van der Waals surface area contributed by atoms with E-state index in [0.29, 0.717) is 11.5 Å². The topological polar surface area (TPSA) is 75.7 Å². The molecule has 0 aromatic heterocycles. The predicted octanol–water partition coefficient (Wildman–Crippen LogP) is 2.81. The molecule has 1 atom stereocenters. The van der Waals surface area contributed by atoms with Crippen molar-refractivity contribution in [3.63, 3.8) is 0 Å². The molecule has 24 heavy (non-hydrogen) atoms. The fourth-order valence-corrected chi connectivity index (χ4v) is 3.21. The number of sulfonamides is 1. The van der Waals surface area contributed by atoms with Crippen LogP contribution in [0.1, 0.15) is 50.4 Å².